The van der Waals surface area contributed by atoms with Crippen molar-refractivity contribution in [1.82, 2.24) is 15.1 Å². The van der Waals surface area contributed by atoms with E-state index in [1.807, 2.05) is 17.8 Å². The third-order valence-corrected chi connectivity index (χ3v) is 2.95. The summed E-state index contributed by atoms with van der Waals surface area (Å²) in [6.07, 6.45) is 3.62. The maximum atomic E-state index is 12.5. The van der Waals surface area contributed by atoms with Gasteiger partial charge in [0.2, 0.25) is 0 Å². The molecule has 1 aliphatic rings. The number of halogens is 1. The van der Waals surface area contributed by atoms with E-state index in [-0.39, 0.29) is 18.6 Å². The molecule has 0 spiro atoms. The van der Waals surface area contributed by atoms with Crippen molar-refractivity contribution in [1.29, 1.82) is 0 Å². The van der Waals surface area contributed by atoms with Crippen LogP contribution in [0.15, 0.2) is 12.3 Å². The minimum absolute atomic E-state index is 0.198. The lowest BCUT2D eigenvalue weighted by Crippen LogP contribution is -2.33. The van der Waals surface area contributed by atoms with E-state index in [4.69, 9.17) is 0 Å². The highest BCUT2D eigenvalue weighted by atomic mass is 19.1. The van der Waals surface area contributed by atoms with E-state index in [0.29, 0.717) is 0 Å². The summed E-state index contributed by atoms with van der Waals surface area (Å²) in [5.41, 5.74) is 1.16. The molecule has 0 aromatic carbocycles. The Morgan fingerprint density at radius 3 is 3.21 bits per heavy atom. The molecular weight excluding hydrogens is 181 g/mol. The molecule has 1 aliphatic heterocycles. The molecule has 1 saturated heterocycles. The average molecular weight is 197 g/mol. The van der Waals surface area contributed by atoms with Crippen LogP contribution < -0.4 is 5.32 Å². The normalized spacial score (nSPS) is 27.9. The Labute approximate surface area is 83.3 Å². The summed E-state index contributed by atoms with van der Waals surface area (Å²) < 4.78 is 14.4. The molecule has 2 rings (SSSR count). The Bertz CT molecular complexity index is 297. The lowest BCUT2D eigenvalue weighted by molar-refractivity contribution is 0.245. The zero-order valence-electron chi connectivity index (χ0n) is 8.41. The first-order chi connectivity index (χ1) is 6.81. The molecule has 2 atom stereocenters. The second kappa shape index (κ2) is 4.09. The summed E-state index contributed by atoms with van der Waals surface area (Å²) in [6, 6.07) is 2.27. The molecule has 2 heterocycles. The number of alkyl halides is 1. The highest BCUT2D eigenvalue weighted by molar-refractivity contribution is 5.07. The Balaban J connectivity index is 2.08. The zero-order valence-corrected chi connectivity index (χ0v) is 8.41. The van der Waals surface area contributed by atoms with Gasteiger partial charge < -0.3 is 5.32 Å². The van der Waals surface area contributed by atoms with Crippen molar-refractivity contribution in [2.45, 2.75) is 18.9 Å². The molecule has 0 aliphatic carbocycles. The van der Waals surface area contributed by atoms with Gasteiger partial charge in [0.05, 0.1) is 12.4 Å². The maximum absolute atomic E-state index is 12.5. The van der Waals surface area contributed by atoms with Crippen LogP contribution in [0.25, 0.3) is 0 Å². The van der Waals surface area contributed by atoms with Gasteiger partial charge in [0.1, 0.15) is 0 Å². The molecule has 78 valence electrons. The van der Waals surface area contributed by atoms with Crippen molar-refractivity contribution in [2.75, 3.05) is 13.2 Å². The van der Waals surface area contributed by atoms with Gasteiger partial charge in [-0.15, -0.1) is 0 Å². The van der Waals surface area contributed by atoms with Crippen LogP contribution in [0, 0.1) is 5.92 Å². The number of aryl methyl sites for hydroxylation is 1. The summed E-state index contributed by atoms with van der Waals surface area (Å²) in [4.78, 5) is 0. The summed E-state index contributed by atoms with van der Waals surface area (Å²) in [5, 5.41) is 7.52. The molecule has 0 radical (unpaired) electrons. The number of hydrogen-bond donors (Lipinski definition) is 1. The number of nitrogens with one attached hydrogen (secondary N) is 1. The molecule has 1 fully saturated rings. The highest BCUT2D eigenvalue weighted by Crippen LogP contribution is 2.26. The van der Waals surface area contributed by atoms with Crippen LogP contribution in [-0.2, 0) is 7.05 Å². The summed E-state index contributed by atoms with van der Waals surface area (Å²) in [7, 11) is 1.93. The molecule has 4 heteroatoms. The van der Waals surface area contributed by atoms with Gasteiger partial charge in [-0.05, 0) is 31.4 Å². The Morgan fingerprint density at radius 2 is 2.57 bits per heavy atom. The number of aromatic nitrogens is 2. The van der Waals surface area contributed by atoms with Crippen LogP contribution in [-0.4, -0.2) is 23.0 Å². The van der Waals surface area contributed by atoms with Crippen molar-refractivity contribution < 1.29 is 4.39 Å². The van der Waals surface area contributed by atoms with E-state index < -0.39 is 0 Å². The molecule has 1 N–H and O–H groups in total. The number of piperidine rings is 1. The second-order valence-corrected chi connectivity index (χ2v) is 3.93. The minimum Gasteiger partial charge on any atom is -0.309 e. The smallest absolute Gasteiger partial charge is 0.0923 e. The predicted octanol–water partition coefficient (Wildman–Crippen LogP) is 1.43. The lowest BCUT2D eigenvalue weighted by atomic mass is 9.92. The third-order valence-electron chi connectivity index (χ3n) is 2.95. The Morgan fingerprint density at radius 1 is 1.71 bits per heavy atom. The van der Waals surface area contributed by atoms with Gasteiger partial charge in [-0.25, -0.2) is 0 Å². The van der Waals surface area contributed by atoms with Gasteiger partial charge in [0.15, 0.2) is 0 Å². The molecular formula is C10H16FN3. The number of nitrogens with zero attached hydrogens (tertiary/aromatic N) is 2. The van der Waals surface area contributed by atoms with Gasteiger partial charge >= 0.3 is 0 Å². The average Bonchev–Trinajstić information content (AvgIpc) is 2.65. The van der Waals surface area contributed by atoms with E-state index in [2.05, 4.69) is 10.4 Å². The Kier molecular flexibility index (Phi) is 2.82. The SMILES string of the molecule is Cn1nccc1[C@@H]1C[C@H](CF)CCN1. The molecule has 0 unspecified atom stereocenters. The van der Waals surface area contributed by atoms with Gasteiger partial charge in [0.25, 0.3) is 0 Å². The first kappa shape index (κ1) is 9.65. The molecule has 3 nitrogen and oxygen atoms in total. The first-order valence-electron chi connectivity index (χ1n) is 5.08. The van der Waals surface area contributed by atoms with E-state index in [1.54, 1.807) is 6.20 Å². The predicted molar refractivity (Wildman–Crippen MR) is 52.7 cm³/mol. The van der Waals surface area contributed by atoms with Crippen LogP contribution in [0.4, 0.5) is 4.39 Å². The maximum Gasteiger partial charge on any atom is 0.0923 e. The quantitative estimate of drug-likeness (QED) is 0.777. The van der Waals surface area contributed by atoms with Crippen LogP contribution in [0.3, 0.4) is 0 Å². The van der Waals surface area contributed by atoms with Crippen molar-refractivity contribution in [3.8, 4) is 0 Å². The second-order valence-electron chi connectivity index (χ2n) is 3.93. The van der Waals surface area contributed by atoms with Crippen LogP contribution >= 0.6 is 0 Å². The molecule has 0 bridgehead atoms. The fourth-order valence-corrected chi connectivity index (χ4v) is 2.09. The standard InChI is InChI=1S/C10H16FN3/c1-14-10(3-5-13-14)9-6-8(7-11)2-4-12-9/h3,5,8-9,12H,2,4,6-7H2,1H3/t8-,9+/m1/s1. The van der Waals surface area contributed by atoms with Gasteiger partial charge in [-0.2, -0.15) is 5.10 Å². The third kappa shape index (κ3) is 1.80. The molecule has 1 aromatic rings. The van der Waals surface area contributed by atoms with Gasteiger partial charge in [-0.3, -0.25) is 9.07 Å². The summed E-state index contributed by atoms with van der Waals surface area (Å²) in [5.74, 6) is 0.219. The van der Waals surface area contributed by atoms with Crippen molar-refractivity contribution in [3.63, 3.8) is 0 Å². The first-order valence-corrected chi connectivity index (χ1v) is 5.08. The fourth-order valence-electron chi connectivity index (χ4n) is 2.09. The topological polar surface area (TPSA) is 29.9 Å². The summed E-state index contributed by atoms with van der Waals surface area (Å²) in [6.45, 7) is 0.709. The van der Waals surface area contributed by atoms with E-state index in [0.717, 1.165) is 25.1 Å². The van der Waals surface area contributed by atoms with E-state index in [1.165, 1.54) is 0 Å². The highest BCUT2D eigenvalue weighted by Gasteiger charge is 2.24. The summed E-state index contributed by atoms with van der Waals surface area (Å²) >= 11 is 0. The molecule has 14 heavy (non-hydrogen) atoms. The monoisotopic (exact) mass is 197 g/mol. The number of rotatable bonds is 2. The zero-order chi connectivity index (χ0) is 9.97. The minimum atomic E-state index is -0.198. The van der Waals surface area contributed by atoms with Crippen LogP contribution in [0.1, 0.15) is 24.6 Å². The van der Waals surface area contributed by atoms with E-state index in [9.17, 15) is 4.39 Å². The Hall–Kier alpha value is -0.900. The number of hydrogen-bond acceptors (Lipinski definition) is 2. The van der Waals surface area contributed by atoms with Gasteiger partial charge in [-0.1, -0.05) is 0 Å². The van der Waals surface area contributed by atoms with Crippen molar-refractivity contribution >= 4 is 0 Å². The lowest BCUT2D eigenvalue weighted by Gasteiger charge is -2.28. The largest absolute Gasteiger partial charge is 0.309 e. The molecule has 0 saturated carbocycles. The van der Waals surface area contributed by atoms with Gasteiger partial charge in [0, 0.05) is 19.3 Å². The van der Waals surface area contributed by atoms with Crippen molar-refractivity contribution in [2.24, 2.45) is 13.0 Å². The fraction of sp³-hybridized carbons (Fsp3) is 0.700. The van der Waals surface area contributed by atoms with Crippen LogP contribution in [0.5, 0.6) is 0 Å². The van der Waals surface area contributed by atoms with Crippen molar-refractivity contribution in [3.05, 3.63) is 18.0 Å². The van der Waals surface area contributed by atoms with E-state index >= 15 is 0 Å². The van der Waals surface area contributed by atoms with Crippen LogP contribution in [0.2, 0.25) is 0 Å². The molecule has 0 amide bonds. The molecule has 1 aromatic heterocycles.